The molecule has 10 heteroatoms. The number of methoxy groups -OCH3 is 2. The Morgan fingerprint density at radius 1 is 1.10 bits per heavy atom. The van der Waals surface area contributed by atoms with Crippen LogP contribution in [0.1, 0.15) is 6.42 Å². The van der Waals surface area contributed by atoms with Gasteiger partial charge in [0, 0.05) is 30.4 Å². The van der Waals surface area contributed by atoms with Crippen LogP contribution in [0.3, 0.4) is 0 Å². The second kappa shape index (κ2) is 9.29. The number of alkyl halides is 2. The molecule has 2 aromatic carbocycles. The molecule has 2 N–H and O–H groups in total. The van der Waals surface area contributed by atoms with Gasteiger partial charge in [-0.25, -0.2) is 4.79 Å². The van der Waals surface area contributed by atoms with E-state index >= 15 is 0 Å². The molecule has 0 aromatic heterocycles. The molecule has 0 bridgehead atoms. The fourth-order valence-corrected chi connectivity index (χ4v) is 3.12. The Hall–Kier alpha value is -3.56. The SMILES string of the molecule is COc1ccc(N2C[C@@H](NC(=O)Nc3ccc(OC(F)F)cc3)CC2=O)cc1OC. The van der Waals surface area contributed by atoms with Crippen LogP contribution in [0.4, 0.5) is 25.0 Å². The maximum absolute atomic E-state index is 12.4. The minimum atomic E-state index is -2.92. The third kappa shape index (κ3) is 5.07. The van der Waals surface area contributed by atoms with Crippen LogP contribution in [-0.2, 0) is 4.79 Å². The number of benzene rings is 2. The number of hydrogen-bond acceptors (Lipinski definition) is 5. The Balaban J connectivity index is 1.58. The highest BCUT2D eigenvalue weighted by atomic mass is 19.3. The molecule has 3 rings (SSSR count). The molecule has 3 amide bonds. The summed E-state index contributed by atoms with van der Waals surface area (Å²) in [6, 6.07) is 9.75. The summed E-state index contributed by atoms with van der Waals surface area (Å²) in [6.07, 6.45) is 0.142. The maximum atomic E-state index is 12.4. The van der Waals surface area contributed by atoms with Crippen LogP contribution < -0.4 is 29.7 Å². The Kier molecular flexibility index (Phi) is 6.55. The van der Waals surface area contributed by atoms with E-state index in [0.29, 0.717) is 29.4 Å². The van der Waals surface area contributed by atoms with E-state index in [1.54, 1.807) is 23.1 Å². The number of hydrogen-bond donors (Lipinski definition) is 2. The first kappa shape index (κ1) is 21.2. The number of urea groups is 1. The van der Waals surface area contributed by atoms with Crippen LogP contribution in [-0.4, -0.2) is 45.4 Å². The summed E-state index contributed by atoms with van der Waals surface area (Å²) in [4.78, 5) is 26.2. The van der Waals surface area contributed by atoms with E-state index in [0.717, 1.165) is 0 Å². The first-order valence-corrected chi connectivity index (χ1v) is 9.04. The number of amides is 3. The number of carbonyl (C=O) groups excluding carboxylic acids is 2. The van der Waals surface area contributed by atoms with Crippen molar-refractivity contribution in [2.45, 2.75) is 19.1 Å². The monoisotopic (exact) mass is 421 g/mol. The molecule has 0 unspecified atom stereocenters. The number of rotatable bonds is 7. The van der Waals surface area contributed by atoms with E-state index in [1.165, 1.54) is 38.5 Å². The lowest BCUT2D eigenvalue weighted by Gasteiger charge is -2.19. The molecular weight excluding hydrogens is 400 g/mol. The standard InChI is InChI=1S/C20H21F2N3O5/c1-28-16-8-5-14(10-17(16)29-2)25-11-13(9-18(25)26)24-20(27)23-12-3-6-15(7-4-12)30-19(21)22/h3-8,10,13,19H,9,11H2,1-2H3,(H2,23,24,27)/t13-/m0/s1. The van der Waals surface area contributed by atoms with Crippen molar-refractivity contribution in [1.82, 2.24) is 5.32 Å². The number of halogens is 2. The van der Waals surface area contributed by atoms with Gasteiger partial charge in [0.05, 0.1) is 20.3 Å². The van der Waals surface area contributed by atoms with E-state index in [1.807, 2.05) is 0 Å². The molecule has 1 saturated heterocycles. The lowest BCUT2D eigenvalue weighted by atomic mass is 10.2. The average Bonchev–Trinajstić information content (AvgIpc) is 3.08. The van der Waals surface area contributed by atoms with Crippen molar-refractivity contribution in [3.8, 4) is 17.2 Å². The van der Waals surface area contributed by atoms with Crippen molar-refractivity contribution in [2.75, 3.05) is 31.0 Å². The first-order valence-electron chi connectivity index (χ1n) is 9.04. The molecule has 8 nitrogen and oxygen atoms in total. The van der Waals surface area contributed by atoms with Crippen molar-refractivity contribution in [3.63, 3.8) is 0 Å². The summed E-state index contributed by atoms with van der Waals surface area (Å²) < 4.78 is 39.1. The molecule has 1 fully saturated rings. The first-order chi connectivity index (χ1) is 14.4. The molecule has 30 heavy (non-hydrogen) atoms. The molecule has 1 atom stereocenters. The topological polar surface area (TPSA) is 89.1 Å². The molecule has 0 aliphatic carbocycles. The highest BCUT2D eigenvalue weighted by Gasteiger charge is 2.32. The molecular formula is C20H21F2N3O5. The minimum absolute atomic E-state index is 0.0112. The highest BCUT2D eigenvalue weighted by Crippen LogP contribution is 2.33. The highest BCUT2D eigenvalue weighted by molar-refractivity contribution is 5.98. The Labute approximate surface area is 171 Å². The molecule has 0 spiro atoms. The van der Waals surface area contributed by atoms with Crippen LogP contribution in [0.25, 0.3) is 0 Å². The van der Waals surface area contributed by atoms with E-state index in [4.69, 9.17) is 9.47 Å². The van der Waals surface area contributed by atoms with Gasteiger partial charge in [-0.3, -0.25) is 4.79 Å². The van der Waals surface area contributed by atoms with Gasteiger partial charge < -0.3 is 29.7 Å². The van der Waals surface area contributed by atoms with Crippen molar-refractivity contribution in [3.05, 3.63) is 42.5 Å². The lowest BCUT2D eigenvalue weighted by molar-refractivity contribution is -0.117. The van der Waals surface area contributed by atoms with Crippen molar-refractivity contribution < 1.29 is 32.6 Å². The predicted octanol–water partition coefficient (Wildman–Crippen LogP) is 3.23. The van der Waals surface area contributed by atoms with Crippen LogP contribution >= 0.6 is 0 Å². The molecule has 1 aliphatic heterocycles. The van der Waals surface area contributed by atoms with Crippen LogP contribution in [0.5, 0.6) is 17.2 Å². The van der Waals surface area contributed by atoms with E-state index < -0.39 is 18.7 Å². The van der Waals surface area contributed by atoms with Gasteiger partial charge >= 0.3 is 12.6 Å². The summed E-state index contributed by atoms with van der Waals surface area (Å²) in [5.41, 5.74) is 1.03. The number of nitrogens with zero attached hydrogens (tertiary/aromatic N) is 1. The zero-order valence-corrected chi connectivity index (χ0v) is 16.4. The van der Waals surface area contributed by atoms with E-state index in [2.05, 4.69) is 15.4 Å². The molecule has 160 valence electrons. The van der Waals surface area contributed by atoms with Gasteiger partial charge in [-0.2, -0.15) is 8.78 Å². The Bertz CT molecular complexity index is 908. The summed E-state index contributed by atoms with van der Waals surface area (Å²) in [6.45, 7) is -2.62. The second-order valence-corrected chi connectivity index (χ2v) is 6.45. The molecule has 2 aromatic rings. The third-order valence-corrected chi connectivity index (χ3v) is 4.48. The smallest absolute Gasteiger partial charge is 0.387 e. The zero-order valence-electron chi connectivity index (χ0n) is 16.4. The predicted molar refractivity (Wildman–Crippen MR) is 106 cm³/mol. The van der Waals surface area contributed by atoms with Gasteiger partial charge in [0.15, 0.2) is 11.5 Å². The fourth-order valence-electron chi connectivity index (χ4n) is 3.12. The summed E-state index contributed by atoms with van der Waals surface area (Å²) >= 11 is 0. The van der Waals surface area contributed by atoms with Gasteiger partial charge in [0.2, 0.25) is 5.91 Å². The van der Waals surface area contributed by atoms with Gasteiger partial charge in [-0.05, 0) is 36.4 Å². The minimum Gasteiger partial charge on any atom is -0.493 e. The van der Waals surface area contributed by atoms with Gasteiger partial charge in [0.25, 0.3) is 0 Å². The lowest BCUT2D eigenvalue weighted by Crippen LogP contribution is -2.39. The van der Waals surface area contributed by atoms with Crippen LogP contribution in [0.15, 0.2) is 42.5 Å². The summed E-state index contributed by atoms with van der Waals surface area (Å²) in [7, 11) is 3.03. The Morgan fingerprint density at radius 3 is 2.43 bits per heavy atom. The van der Waals surface area contributed by atoms with Crippen LogP contribution in [0.2, 0.25) is 0 Å². The largest absolute Gasteiger partial charge is 0.493 e. The average molecular weight is 421 g/mol. The van der Waals surface area contributed by atoms with Crippen LogP contribution in [0, 0.1) is 0 Å². The van der Waals surface area contributed by atoms with Gasteiger partial charge in [0.1, 0.15) is 5.75 Å². The number of carbonyl (C=O) groups is 2. The summed E-state index contributed by atoms with van der Waals surface area (Å²) in [5.74, 6) is 0.895. The van der Waals surface area contributed by atoms with E-state index in [9.17, 15) is 18.4 Å². The normalized spacial score (nSPS) is 15.8. The van der Waals surface area contributed by atoms with E-state index in [-0.39, 0.29) is 18.1 Å². The fraction of sp³-hybridized carbons (Fsp3) is 0.300. The third-order valence-electron chi connectivity index (χ3n) is 4.48. The van der Waals surface area contributed by atoms with Gasteiger partial charge in [-0.1, -0.05) is 0 Å². The second-order valence-electron chi connectivity index (χ2n) is 6.45. The number of ether oxygens (including phenoxy) is 3. The molecule has 1 heterocycles. The van der Waals surface area contributed by atoms with Crippen molar-refractivity contribution in [1.29, 1.82) is 0 Å². The molecule has 0 saturated carbocycles. The van der Waals surface area contributed by atoms with Gasteiger partial charge in [-0.15, -0.1) is 0 Å². The quantitative estimate of drug-likeness (QED) is 0.717. The summed E-state index contributed by atoms with van der Waals surface area (Å²) in [5, 5.41) is 5.33. The number of anilines is 2. The van der Waals surface area contributed by atoms with Crippen molar-refractivity contribution >= 4 is 23.3 Å². The Morgan fingerprint density at radius 2 is 1.80 bits per heavy atom. The zero-order chi connectivity index (χ0) is 21.7. The molecule has 1 aliphatic rings. The maximum Gasteiger partial charge on any atom is 0.387 e. The van der Waals surface area contributed by atoms with Crippen molar-refractivity contribution in [2.24, 2.45) is 0 Å². The number of nitrogens with one attached hydrogen (secondary N) is 2. The molecule has 0 radical (unpaired) electrons.